The minimum absolute atomic E-state index is 0.00982. The van der Waals surface area contributed by atoms with Crippen molar-refractivity contribution in [2.45, 2.75) is 24.2 Å². The first-order chi connectivity index (χ1) is 15.4. The lowest BCUT2D eigenvalue weighted by Crippen LogP contribution is -2.50. The largest absolute Gasteiger partial charge is 0.336 e. The van der Waals surface area contributed by atoms with Crippen molar-refractivity contribution in [2.75, 3.05) is 26.2 Å². The van der Waals surface area contributed by atoms with E-state index in [2.05, 4.69) is 0 Å². The summed E-state index contributed by atoms with van der Waals surface area (Å²) in [6.07, 6.45) is 2.72. The zero-order chi connectivity index (χ0) is 22.5. The average Bonchev–Trinajstić information content (AvgIpc) is 3.26. The van der Waals surface area contributed by atoms with Gasteiger partial charge in [-0.15, -0.1) is 0 Å². The van der Waals surface area contributed by atoms with Crippen LogP contribution in [-0.4, -0.2) is 54.7 Å². The Labute approximate surface area is 196 Å². The first kappa shape index (κ1) is 21.6. The summed E-state index contributed by atoms with van der Waals surface area (Å²) < 4.78 is 27.6. The molecule has 1 aliphatic heterocycles. The number of pyridine rings is 1. The van der Waals surface area contributed by atoms with Crippen LogP contribution in [0.4, 0.5) is 0 Å². The Morgan fingerprint density at radius 1 is 0.969 bits per heavy atom. The number of halogens is 2. The van der Waals surface area contributed by atoms with Gasteiger partial charge < -0.3 is 4.90 Å². The number of sulfonamides is 1. The third-order valence-electron chi connectivity index (χ3n) is 6.17. The molecule has 1 aliphatic carbocycles. The van der Waals surface area contributed by atoms with Crippen molar-refractivity contribution >= 4 is 50.0 Å². The second kappa shape index (κ2) is 8.30. The molecule has 2 aromatic carbocycles. The summed E-state index contributed by atoms with van der Waals surface area (Å²) in [6.45, 7) is 1.01. The maximum Gasteiger partial charge on any atom is 0.254 e. The van der Waals surface area contributed by atoms with E-state index in [1.165, 1.54) is 16.4 Å². The summed E-state index contributed by atoms with van der Waals surface area (Å²) in [6, 6.07) is 12.1. The number of carbonyl (C=O) groups is 1. The molecule has 0 bridgehead atoms. The Hall–Kier alpha value is -2.19. The standard InChI is InChI=1S/C23H21Cl2N3O3S/c24-15-8-9-18(25)21(14-15)32(30,31)28-12-10-27(11-13-28)23(29)22-16-4-1-2-6-19(16)26-20-7-3-5-17(20)22/h1-2,4,6,8-9,14H,3,5,7,10-13H2. The Bertz CT molecular complexity index is 1340. The molecule has 1 amide bonds. The lowest BCUT2D eigenvalue weighted by molar-refractivity contribution is 0.0699. The fourth-order valence-corrected chi connectivity index (χ4v) is 6.72. The van der Waals surface area contributed by atoms with Crippen molar-refractivity contribution in [2.24, 2.45) is 0 Å². The number of aryl methyl sites for hydroxylation is 1. The van der Waals surface area contributed by atoms with Gasteiger partial charge in [-0.2, -0.15) is 4.31 Å². The number of hydrogen-bond donors (Lipinski definition) is 0. The van der Waals surface area contributed by atoms with Crippen LogP contribution in [0.1, 0.15) is 28.0 Å². The molecule has 5 rings (SSSR count). The molecule has 166 valence electrons. The number of piperazine rings is 1. The Morgan fingerprint density at radius 3 is 2.50 bits per heavy atom. The quantitative estimate of drug-likeness (QED) is 0.553. The summed E-state index contributed by atoms with van der Waals surface area (Å²) in [5.41, 5.74) is 3.59. The molecular formula is C23H21Cl2N3O3S. The topological polar surface area (TPSA) is 70.6 Å². The van der Waals surface area contributed by atoms with Crippen molar-refractivity contribution in [3.63, 3.8) is 0 Å². The summed E-state index contributed by atoms with van der Waals surface area (Å²) >= 11 is 12.1. The number of aromatic nitrogens is 1. The lowest BCUT2D eigenvalue weighted by atomic mass is 10.00. The van der Waals surface area contributed by atoms with E-state index in [9.17, 15) is 13.2 Å². The van der Waals surface area contributed by atoms with Crippen LogP contribution in [0, 0.1) is 0 Å². The minimum atomic E-state index is -3.80. The van der Waals surface area contributed by atoms with Crippen LogP contribution in [0.5, 0.6) is 0 Å². The number of amides is 1. The Kier molecular flexibility index (Phi) is 5.61. The smallest absolute Gasteiger partial charge is 0.254 e. The van der Waals surface area contributed by atoms with Crippen molar-refractivity contribution < 1.29 is 13.2 Å². The first-order valence-corrected chi connectivity index (χ1v) is 12.7. The molecule has 1 aromatic heterocycles. The molecule has 2 heterocycles. The highest BCUT2D eigenvalue weighted by molar-refractivity contribution is 7.89. The summed E-state index contributed by atoms with van der Waals surface area (Å²) in [4.78, 5) is 20.1. The van der Waals surface area contributed by atoms with Gasteiger partial charge in [0, 0.05) is 42.3 Å². The number of hydrogen-bond acceptors (Lipinski definition) is 4. The van der Waals surface area contributed by atoms with Gasteiger partial charge in [0.2, 0.25) is 10.0 Å². The van der Waals surface area contributed by atoms with E-state index >= 15 is 0 Å². The molecule has 32 heavy (non-hydrogen) atoms. The van der Waals surface area contributed by atoms with Crippen molar-refractivity contribution in [3.05, 3.63) is 69.3 Å². The van der Waals surface area contributed by atoms with Gasteiger partial charge in [0.05, 0.1) is 16.1 Å². The number of benzene rings is 2. The average molecular weight is 490 g/mol. The normalized spacial score (nSPS) is 17.0. The van der Waals surface area contributed by atoms with Crippen LogP contribution in [0.15, 0.2) is 47.4 Å². The summed E-state index contributed by atoms with van der Waals surface area (Å²) in [5, 5.41) is 1.30. The van der Waals surface area contributed by atoms with E-state index in [0.717, 1.165) is 47.0 Å². The first-order valence-electron chi connectivity index (χ1n) is 10.5. The van der Waals surface area contributed by atoms with Gasteiger partial charge in [0.25, 0.3) is 5.91 Å². The number of nitrogens with zero attached hydrogens (tertiary/aromatic N) is 3. The predicted octanol–water partition coefficient (Wildman–Crippen LogP) is 4.18. The van der Waals surface area contributed by atoms with E-state index in [1.807, 2.05) is 24.3 Å². The van der Waals surface area contributed by atoms with Crippen molar-refractivity contribution in [3.8, 4) is 0 Å². The van der Waals surface area contributed by atoms with E-state index in [4.69, 9.17) is 28.2 Å². The molecule has 0 N–H and O–H groups in total. The molecule has 2 aliphatic rings. The van der Waals surface area contributed by atoms with Gasteiger partial charge in [-0.05, 0) is 49.1 Å². The van der Waals surface area contributed by atoms with Gasteiger partial charge >= 0.3 is 0 Å². The Morgan fingerprint density at radius 2 is 1.72 bits per heavy atom. The fraction of sp³-hybridized carbons (Fsp3) is 0.304. The van der Waals surface area contributed by atoms with E-state index < -0.39 is 10.0 Å². The minimum Gasteiger partial charge on any atom is -0.336 e. The number of fused-ring (bicyclic) bond motifs is 2. The molecule has 1 fully saturated rings. The van der Waals surface area contributed by atoms with Gasteiger partial charge in [0.1, 0.15) is 4.90 Å². The lowest BCUT2D eigenvalue weighted by Gasteiger charge is -2.34. The molecule has 0 spiro atoms. The van der Waals surface area contributed by atoms with Crippen LogP contribution < -0.4 is 0 Å². The predicted molar refractivity (Wildman–Crippen MR) is 125 cm³/mol. The second-order valence-corrected chi connectivity index (χ2v) is 10.8. The second-order valence-electron chi connectivity index (χ2n) is 8.05. The monoisotopic (exact) mass is 489 g/mol. The summed E-state index contributed by atoms with van der Waals surface area (Å²) in [5.74, 6) is -0.0559. The van der Waals surface area contributed by atoms with Crippen molar-refractivity contribution in [1.29, 1.82) is 0 Å². The SMILES string of the molecule is O=C(c1c2c(nc3ccccc13)CCC2)N1CCN(S(=O)(=O)c2cc(Cl)ccc2Cl)CC1. The van der Waals surface area contributed by atoms with Crippen LogP contribution >= 0.6 is 23.2 Å². The molecule has 1 saturated heterocycles. The zero-order valence-corrected chi connectivity index (χ0v) is 19.6. The van der Waals surface area contributed by atoms with Crippen LogP contribution in [0.25, 0.3) is 10.9 Å². The van der Waals surface area contributed by atoms with E-state index in [1.54, 1.807) is 11.0 Å². The van der Waals surface area contributed by atoms with Crippen LogP contribution in [0.2, 0.25) is 10.0 Å². The van der Waals surface area contributed by atoms with Crippen LogP contribution in [-0.2, 0) is 22.9 Å². The van der Waals surface area contributed by atoms with Crippen molar-refractivity contribution in [1.82, 2.24) is 14.2 Å². The van der Waals surface area contributed by atoms with E-state index in [0.29, 0.717) is 18.1 Å². The molecular weight excluding hydrogens is 469 g/mol. The highest BCUT2D eigenvalue weighted by Crippen LogP contribution is 2.32. The van der Waals surface area contributed by atoms with Crippen LogP contribution in [0.3, 0.4) is 0 Å². The highest BCUT2D eigenvalue weighted by atomic mass is 35.5. The molecule has 9 heteroatoms. The maximum atomic E-state index is 13.6. The van der Waals surface area contributed by atoms with E-state index in [-0.39, 0.29) is 28.9 Å². The third kappa shape index (κ3) is 3.67. The zero-order valence-electron chi connectivity index (χ0n) is 17.2. The Balaban J connectivity index is 1.41. The third-order valence-corrected chi connectivity index (χ3v) is 8.79. The van der Waals surface area contributed by atoms with Gasteiger partial charge in [-0.1, -0.05) is 41.4 Å². The molecule has 6 nitrogen and oxygen atoms in total. The summed E-state index contributed by atoms with van der Waals surface area (Å²) in [7, 11) is -3.80. The van der Waals surface area contributed by atoms with Gasteiger partial charge in [-0.25, -0.2) is 8.42 Å². The van der Waals surface area contributed by atoms with Gasteiger partial charge in [-0.3, -0.25) is 9.78 Å². The molecule has 0 unspecified atom stereocenters. The number of para-hydroxylation sites is 1. The number of rotatable bonds is 3. The molecule has 0 saturated carbocycles. The molecule has 0 atom stereocenters. The molecule has 3 aromatic rings. The fourth-order valence-electron chi connectivity index (χ4n) is 4.56. The molecule has 0 radical (unpaired) electrons. The highest BCUT2D eigenvalue weighted by Gasteiger charge is 2.33. The maximum absolute atomic E-state index is 13.6. The number of carbonyl (C=O) groups excluding carboxylic acids is 1. The van der Waals surface area contributed by atoms with Gasteiger partial charge in [0.15, 0.2) is 0 Å².